The lowest BCUT2D eigenvalue weighted by molar-refractivity contribution is 0.174. The van der Waals surface area contributed by atoms with E-state index < -0.39 is 9.84 Å². The zero-order valence-corrected chi connectivity index (χ0v) is 15.7. The van der Waals surface area contributed by atoms with Crippen LogP contribution in [0.1, 0.15) is 57.7 Å². The molecular formula is C17H29NO3S. The number of benzene rings is 1. The molecule has 5 heteroatoms. The summed E-state index contributed by atoms with van der Waals surface area (Å²) in [6.07, 6.45) is 2.76. The van der Waals surface area contributed by atoms with Crippen molar-refractivity contribution in [1.82, 2.24) is 0 Å². The van der Waals surface area contributed by atoms with E-state index in [4.69, 9.17) is 4.84 Å². The molecule has 0 unspecified atom stereocenters. The number of sulfone groups is 1. The van der Waals surface area contributed by atoms with E-state index in [1.807, 2.05) is 40.7 Å². The molecule has 1 aromatic rings. The molecule has 0 aromatic heterocycles. The molecule has 0 aliphatic carbocycles. The quantitative estimate of drug-likeness (QED) is 0.838. The first-order chi connectivity index (χ1) is 10.4. The topological polar surface area (TPSA) is 55.7 Å². The second kappa shape index (κ2) is 9.62. The minimum absolute atomic E-state index is 0.349. The van der Waals surface area contributed by atoms with Gasteiger partial charge in [0.1, 0.15) is 6.61 Å². The third-order valence-electron chi connectivity index (χ3n) is 3.21. The van der Waals surface area contributed by atoms with E-state index >= 15 is 0 Å². The van der Waals surface area contributed by atoms with Gasteiger partial charge in [0.25, 0.3) is 0 Å². The van der Waals surface area contributed by atoms with E-state index in [0.717, 1.165) is 28.8 Å². The van der Waals surface area contributed by atoms with Gasteiger partial charge in [0.15, 0.2) is 9.84 Å². The molecule has 0 radical (unpaired) electrons. The van der Waals surface area contributed by atoms with Crippen LogP contribution in [0.3, 0.4) is 0 Å². The molecule has 0 spiro atoms. The smallest absolute Gasteiger partial charge is 0.176 e. The van der Waals surface area contributed by atoms with Crippen molar-refractivity contribution < 1.29 is 13.3 Å². The Labute approximate surface area is 135 Å². The third-order valence-corrected chi connectivity index (χ3v) is 4.35. The predicted octanol–water partition coefficient (Wildman–Crippen LogP) is 4.14. The van der Waals surface area contributed by atoms with Gasteiger partial charge in [-0.2, -0.15) is 0 Å². The van der Waals surface area contributed by atoms with Gasteiger partial charge in [-0.15, -0.1) is 0 Å². The zero-order valence-electron chi connectivity index (χ0n) is 14.9. The predicted molar refractivity (Wildman–Crippen MR) is 93.5 cm³/mol. The largest absolute Gasteiger partial charge is 0.395 e. The first-order valence-corrected chi connectivity index (χ1v) is 9.86. The number of hydrogen-bond donors (Lipinski definition) is 0. The molecule has 0 fully saturated rings. The molecule has 0 saturated heterocycles. The van der Waals surface area contributed by atoms with Crippen molar-refractivity contribution >= 4 is 15.5 Å². The summed E-state index contributed by atoms with van der Waals surface area (Å²) in [5.74, 6) is 0. The SMILES string of the molecule is CC.CC.CCc1ccc(S(C)(=O)=O)c(C2=NOCC2)c1C. The van der Waals surface area contributed by atoms with Crippen molar-refractivity contribution in [2.24, 2.45) is 5.16 Å². The minimum atomic E-state index is -3.25. The van der Waals surface area contributed by atoms with E-state index in [-0.39, 0.29) is 0 Å². The van der Waals surface area contributed by atoms with E-state index in [2.05, 4.69) is 12.1 Å². The maximum Gasteiger partial charge on any atom is 0.176 e. The molecular weight excluding hydrogens is 298 g/mol. The van der Waals surface area contributed by atoms with Crippen LogP contribution >= 0.6 is 0 Å². The Hall–Kier alpha value is -1.36. The first kappa shape index (κ1) is 20.6. The number of rotatable bonds is 3. The Balaban J connectivity index is 0.00000102. The van der Waals surface area contributed by atoms with E-state index in [0.29, 0.717) is 17.9 Å². The molecule has 2 rings (SSSR count). The molecule has 1 aliphatic rings. The highest BCUT2D eigenvalue weighted by Gasteiger charge is 2.23. The summed E-state index contributed by atoms with van der Waals surface area (Å²) < 4.78 is 23.7. The van der Waals surface area contributed by atoms with Gasteiger partial charge in [0.05, 0.1) is 10.6 Å². The van der Waals surface area contributed by atoms with Gasteiger partial charge in [-0.05, 0) is 30.5 Å². The van der Waals surface area contributed by atoms with Gasteiger partial charge >= 0.3 is 0 Å². The fraction of sp³-hybridized carbons (Fsp3) is 0.588. The highest BCUT2D eigenvalue weighted by atomic mass is 32.2. The average Bonchev–Trinajstić information content (AvgIpc) is 3.04. The second-order valence-corrected chi connectivity index (χ2v) is 6.45. The van der Waals surface area contributed by atoms with Crippen LogP contribution in [0.4, 0.5) is 0 Å². The minimum Gasteiger partial charge on any atom is -0.395 e. The van der Waals surface area contributed by atoms with E-state index in [9.17, 15) is 8.42 Å². The molecule has 126 valence electrons. The van der Waals surface area contributed by atoms with Crippen LogP contribution in [-0.2, 0) is 21.1 Å². The molecule has 0 N–H and O–H groups in total. The van der Waals surface area contributed by atoms with Gasteiger partial charge in [0.2, 0.25) is 0 Å². The van der Waals surface area contributed by atoms with Crippen LogP contribution in [-0.4, -0.2) is 27.0 Å². The van der Waals surface area contributed by atoms with E-state index in [1.165, 1.54) is 6.26 Å². The fourth-order valence-corrected chi connectivity index (χ4v) is 3.22. The van der Waals surface area contributed by atoms with Gasteiger partial charge in [-0.3, -0.25) is 0 Å². The standard InChI is InChI=1S/C13H17NO3S.2C2H6/c1-4-10-5-6-12(18(3,15)16)13(9(10)2)11-7-8-17-14-11;2*1-2/h5-6H,4,7-8H2,1-3H3;2*1-2H3. The Kier molecular flexibility index (Phi) is 9.02. The normalized spacial score (nSPS) is 13.1. The van der Waals surface area contributed by atoms with Crippen molar-refractivity contribution in [3.63, 3.8) is 0 Å². The Morgan fingerprint density at radius 1 is 1.18 bits per heavy atom. The summed E-state index contributed by atoms with van der Waals surface area (Å²) in [6, 6.07) is 3.56. The summed E-state index contributed by atoms with van der Waals surface area (Å²) in [4.78, 5) is 5.35. The molecule has 1 aliphatic heterocycles. The van der Waals surface area contributed by atoms with Crippen LogP contribution in [0.5, 0.6) is 0 Å². The highest BCUT2D eigenvalue weighted by molar-refractivity contribution is 7.90. The van der Waals surface area contributed by atoms with E-state index in [1.54, 1.807) is 6.07 Å². The van der Waals surface area contributed by atoms with Crippen molar-refractivity contribution in [3.05, 3.63) is 28.8 Å². The van der Waals surface area contributed by atoms with Crippen molar-refractivity contribution in [2.75, 3.05) is 12.9 Å². The van der Waals surface area contributed by atoms with Gasteiger partial charge in [-0.25, -0.2) is 8.42 Å². The summed E-state index contributed by atoms with van der Waals surface area (Å²) in [7, 11) is -3.25. The van der Waals surface area contributed by atoms with Gasteiger partial charge < -0.3 is 4.84 Å². The molecule has 0 saturated carbocycles. The Morgan fingerprint density at radius 3 is 2.18 bits per heavy atom. The Bertz CT molecular complexity index is 605. The first-order valence-electron chi connectivity index (χ1n) is 7.97. The molecule has 1 aromatic carbocycles. The lowest BCUT2D eigenvalue weighted by atomic mass is 9.96. The van der Waals surface area contributed by atoms with Crippen LogP contribution in [0, 0.1) is 6.92 Å². The molecule has 4 nitrogen and oxygen atoms in total. The zero-order chi connectivity index (χ0) is 17.3. The maximum absolute atomic E-state index is 11.9. The number of hydrogen-bond acceptors (Lipinski definition) is 4. The monoisotopic (exact) mass is 327 g/mol. The summed E-state index contributed by atoms with van der Waals surface area (Å²) in [5.41, 5.74) is 3.61. The number of aryl methyl sites for hydroxylation is 1. The number of oxime groups is 1. The molecule has 1 heterocycles. The Morgan fingerprint density at radius 2 is 1.77 bits per heavy atom. The van der Waals surface area contributed by atoms with Crippen LogP contribution in [0.25, 0.3) is 0 Å². The van der Waals surface area contributed by atoms with Crippen LogP contribution < -0.4 is 0 Å². The number of nitrogens with zero attached hydrogens (tertiary/aromatic N) is 1. The van der Waals surface area contributed by atoms with Crippen molar-refractivity contribution in [2.45, 2.75) is 59.3 Å². The molecule has 0 bridgehead atoms. The van der Waals surface area contributed by atoms with Crippen LogP contribution in [0.2, 0.25) is 0 Å². The molecule has 22 heavy (non-hydrogen) atoms. The summed E-state index contributed by atoms with van der Waals surface area (Å²) >= 11 is 0. The molecule has 0 amide bonds. The van der Waals surface area contributed by atoms with Crippen LogP contribution in [0.15, 0.2) is 22.2 Å². The fourth-order valence-electron chi connectivity index (χ4n) is 2.26. The highest BCUT2D eigenvalue weighted by Crippen LogP contribution is 2.26. The third kappa shape index (κ3) is 4.83. The maximum atomic E-state index is 11.9. The average molecular weight is 327 g/mol. The second-order valence-electron chi connectivity index (χ2n) is 4.47. The molecule has 0 atom stereocenters. The lowest BCUT2D eigenvalue weighted by Gasteiger charge is -2.13. The summed E-state index contributed by atoms with van der Waals surface area (Å²) in [5, 5.41) is 3.97. The van der Waals surface area contributed by atoms with Crippen molar-refractivity contribution in [1.29, 1.82) is 0 Å². The van der Waals surface area contributed by atoms with Gasteiger partial charge in [-0.1, -0.05) is 45.8 Å². The lowest BCUT2D eigenvalue weighted by Crippen LogP contribution is -2.11. The van der Waals surface area contributed by atoms with Crippen molar-refractivity contribution in [3.8, 4) is 0 Å². The summed E-state index contributed by atoms with van der Waals surface area (Å²) in [6.45, 7) is 12.5. The van der Waals surface area contributed by atoms with Gasteiger partial charge in [0, 0.05) is 18.2 Å².